The molecule has 0 saturated heterocycles. The highest BCUT2D eigenvalue weighted by molar-refractivity contribution is 6.25. The van der Waals surface area contributed by atoms with Gasteiger partial charge in [0.2, 0.25) is 0 Å². The third kappa shape index (κ3) is 3.24. The molecule has 0 radical (unpaired) electrons. The fourth-order valence-corrected chi connectivity index (χ4v) is 6.39. The highest BCUT2D eigenvalue weighted by atomic mass is 16.3. The molecule has 1 nitrogen and oxygen atoms in total. The molecule has 0 saturated carbocycles. The van der Waals surface area contributed by atoms with Gasteiger partial charge in [0.05, 0.1) is 8.22 Å². The third-order valence-corrected chi connectivity index (χ3v) is 8.18. The number of rotatable bonds is 2. The highest BCUT2D eigenvalue weighted by Crippen LogP contribution is 2.47. The van der Waals surface area contributed by atoms with Gasteiger partial charge in [-0.3, -0.25) is 0 Å². The van der Waals surface area contributed by atoms with E-state index in [-0.39, 0.29) is 40.5 Å². The average molecular weight is 527 g/mol. The van der Waals surface area contributed by atoms with Crippen molar-refractivity contribution in [1.82, 2.24) is 0 Å². The molecule has 0 unspecified atom stereocenters. The lowest BCUT2D eigenvalue weighted by atomic mass is 9.85. The van der Waals surface area contributed by atoms with Crippen LogP contribution in [-0.4, -0.2) is 0 Å². The minimum Gasteiger partial charge on any atom is -0.455 e. The molecular weight excluding hydrogens is 496 g/mol. The van der Waals surface area contributed by atoms with Gasteiger partial charge in [0.1, 0.15) is 11.2 Å². The molecule has 1 heteroatoms. The molecule has 0 fully saturated rings. The Labute approximate surface area is 245 Å². The van der Waals surface area contributed by atoms with Gasteiger partial charge >= 0.3 is 0 Å². The molecule has 0 atom stereocenters. The maximum atomic E-state index is 8.98. The zero-order valence-electron chi connectivity index (χ0n) is 27.8. The predicted molar refractivity (Wildman–Crippen MR) is 175 cm³/mol. The van der Waals surface area contributed by atoms with Crippen LogP contribution in [0.25, 0.3) is 87.3 Å². The molecule has 0 spiro atoms. The number of furan rings is 1. The van der Waals surface area contributed by atoms with Crippen molar-refractivity contribution in [3.63, 3.8) is 0 Å². The molecule has 8 aromatic carbocycles. The highest BCUT2D eigenvalue weighted by Gasteiger charge is 2.20. The summed E-state index contributed by atoms with van der Waals surface area (Å²) in [4.78, 5) is 0. The summed E-state index contributed by atoms with van der Waals surface area (Å²) in [5.41, 5.74) is 4.72. The van der Waals surface area contributed by atoms with E-state index in [2.05, 4.69) is 72.8 Å². The summed E-state index contributed by atoms with van der Waals surface area (Å²) in [6, 6.07) is 35.6. The SMILES string of the molecule is [2H]c1c([2H])c([2H])c2c(c1[2H])c([2H])c([2H])c1c3cccc(-c4c5ccccc5c(-c5ccc6ccccc6c5)c5ccccc45)c3oc21. The standard InChI is InChI=1S/C40H24O/c1-2-12-27-24-28(21-20-25(27)10-1)37-30-14-5-7-16-32(30)38(33-17-8-6-15-31(33)37)36-19-9-18-34-35-23-22-26-11-3-4-13-29(26)39(35)41-40(34)36/h1-24H/i3D,4D,11D,13D,22D,23D. The minimum absolute atomic E-state index is 0.00950. The Bertz CT molecular complexity index is 2760. The van der Waals surface area contributed by atoms with Crippen LogP contribution in [-0.2, 0) is 0 Å². The van der Waals surface area contributed by atoms with Crippen LogP contribution < -0.4 is 0 Å². The first-order valence-corrected chi connectivity index (χ1v) is 13.6. The number of hydrogen-bond acceptors (Lipinski definition) is 1. The first-order valence-electron chi connectivity index (χ1n) is 16.6. The molecule has 0 amide bonds. The molecule has 190 valence electrons. The van der Waals surface area contributed by atoms with E-state index in [0.717, 1.165) is 43.8 Å². The lowest BCUT2D eigenvalue weighted by Crippen LogP contribution is -1.91. The van der Waals surface area contributed by atoms with Crippen LogP contribution in [0.15, 0.2) is 150 Å². The largest absolute Gasteiger partial charge is 0.455 e. The van der Waals surface area contributed by atoms with Gasteiger partial charge in [-0.25, -0.2) is 0 Å². The lowest BCUT2D eigenvalue weighted by molar-refractivity contribution is 0.674. The van der Waals surface area contributed by atoms with Crippen LogP contribution in [0.2, 0.25) is 0 Å². The molecule has 41 heavy (non-hydrogen) atoms. The summed E-state index contributed by atoms with van der Waals surface area (Å²) in [5, 5.41) is 7.67. The van der Waals surface area contributed by atoms with E-state index in [0.29, 0.717) is 16.4 Å². The van der Waals surface area contributed by atoms with Crippen molar-refractivity contribution in [2.75, 3.05) is 0 Å². The monoisotopic (exact) mass is 526 g/mol. The van der Waals surface area contributed by atoms with E-state index >= 15 is 0 Å². The zero-order chi connectivity index (χ0) is 32.1. The number of fused-ring (bicyclic) bond motifs is 8. The van der Waals surface area contributed by atoms with Gasteiger partial charge in [0.25, 0.3) is 0 Å². The molecule has 9 rings (SSSR count). The lowest BCUT2D eigenvalue weighted by Gasteiger charge is -2.18. The van der Waals surface area contributed by atoms with E-state index in [1.165, 1.54) is 10.8 Å². The smallest absolute Gasteiger partial charge is 0.143 e. The van der Waals surface area contributed by atoms with Crippen LogP contribution in [0, 0.1) is 0 Å². The quantitative estimate of drug-likeness (QED) is 0.204. The number of hydrogen-bond donors (Lipinski definition) is 0. The molecular formula is C40H24O. The van der Waals surface area contributed by atoms with Crippen molar-refractivity contribution in [2.45, 2.75) is 0 Å². The van der Waals surface area contributed by atoms with Crippen LogP contribution >= 0.6 is 0 Å². The van der Waals surface area contributed by atoms with Gasteiger partial charge in [-0.2, -0.15) is 0 Å². The summed E-state index contributed by atoms with van der Waals surface area (Å²) in [7, 11) is 0. The predicted octanol–water partition coefficient (Wildman–Crippen LogP) is 11.5. The second-order valence-corrected chi connectivity index (χ2v) is 10.4. The zero-order valence-corrected chi connectivity index (χ0v) is 21.8. The third-order valence-electron chi connectivity index (χ3n) is 8.18. The Balaban J connectivity index is 1.44. The molecule has 0 aliphatic carbocycles. The fourth-order valence-electron chi connectivity index (χ4n) is 6.39. The molecule has 0 aliphatic heterocycles. The number of benzene rings is 8. The van der Waals surface area contributed by atoms with E-state index in [1.807, 2.05) is 36.4 Å². The number of para-hydroxylation sites is 1. The van der Waals surface area contributed by atoms with Gasteiger partial charge in [0, 0.05) is 27.3 Å². The van der Waals surface area contributed by atoms with Gasteiger partial charge < -0.3 is 4.42 Å². The van der Waals surface area contributed by atoms with Crippen LogP contribution in [0.3, 0.4) is 0 Å². The van der Waals surface area contributed by atoms with E-state index in [9.17, 15) is 0 Å². The Morgan fingerprint density at radius 1 is 0.415 bits per heavy atom. The van der Waals surface area contributed by atoms with Crippen LogP contribution in [0.4, 0.5) is 0 Å². The van der Waals surface area contributed by atoms with Crippen LogP contribution in [0.1, 0.15) is 8.22 Å². The molecule has 0 aliphatic rings. The van der Waals surface area contributed by atoms with Gasteiger partial charge in [-0.15, -0.1) is 0 Å². The van der Waals surface area contributed by atoms with Crippen molar-refractivity contribution in [1.29, 1.82) is 0 Å². The van der Waals surface area contributed by atoms with Gasteiger partial charge in [0.15, 0.2) is 0 Å². The summed E-state index contributed by atoms with van der Waals surface area (Å²) in [6.45, 7) is 0. The Kier molecular flexibility index (Phi) is 3.61. The van der Waals surface area contributed by atoms with Crippen molar-refractivity contribution >= 4 is 65.0 Å². The van der Waals surface area contributed by atoms with Gasteiger partial charge in [-0.1, -0.05) is 133 Å². The van der Waals surface area contributed by atoms with Crippen molar-refractivity contribution < 1.29 is 12.6 Å². The van der Waals surface area contributed by atoms with E-state index < -0.39 is 12.1 Å². The summed E-state index contributed by atoms with van der Waals surface area (Å²) >= 11 is 0. The Hall–Kier alpha value is -5.40. The molecule has 0 N–H and O–H groups in total. The Morgan fingerprint density at radius 3 is 1.85 bits per heavy atom. The molecule has 0 bridgehead atoms. The molecule has 1 aromatic heterocycles. The van der Waals surface area contributed by atoms with Crippen molar-refractivity contribution in [3.8, 4) is 22.3 Å². The maximum Gasteiger partial charge on any atom is 0.143 e. The summed E-state index contributed by atoms with van der Waals surface area (Å²) in [6.07, 6.45) is 0. The first-order chi connectivity index (χ1) is 22.8. The second kappa shape index (κ2) is 8.55. The maximum absolute atomic E-state index is 8.98. The average Bonchev–Trinajstić information content (AvgIpc) is 3.50. The molecule has 9 aromatic rings. The summed E-state index contributed by atoms with van der Waals surface area (Å²) < 4.78 is 58.2. The van der Waals surface area contributed by atoms with Gasteiger partial charge in [-0.05, 0) is 60.9 Å². The minimum atomic E-state index is -0.434. The first kappa shape index (κ1) is 17.3. The molecule has 1 heterocycles. The normalized spacial score (nSPS) is 14.0. The Morgan fingerprint density at radius 2 is 1.07 bits per heavy atom. The second-order valence-electron chi connectivity index (χ2n) is 10.4. The summed E-state index contributed by atoms with van der Waals surface area (Å²) in [5.74, 6) is 0. The topological polar surface area (TPSA) is 13.1 Å². The fraction of sp³-hybridized carbons (Fsp3) is 0. The van der Waals surface area contributed by atoms with Crippen molar-refractivity contribution in [2.24, 2.45) is 0 Å². The van der Waals surface area contributed by atoms with E-state index in [1.54, 1.807) is 0 Å². The van der Waals surface area contributed by atoms with Crippen LogP contribution in [0.5, 0.6) is 0 Å². The van der Waals surface area contributed by atoms with E-state index in [4.69, 9.17) is 12.6 Å². The van der Waals surface area contributed by atoms with Crippen molar-refractivity contribution in [3.05, 3.63) is 145 Å².